The number of hydrogen-bond donors (Lipinski definition) is 1. The van der Waals surface area contributed by atoms with Crippen LogP contribution < -0.4 is 4.74 Å². The first kappa shape index (κ1) is 13.9. The quantitative estimate of drug-likeness (QED) is 0.855. The van der Waals surface area contributed by atoms with Gasteiger partial charge in [-0.15, -0.1) is 0 Å². The van der Waals surface area contributed by atoms with Crippen molar-refractivity contribution in [3.63, 3.8) is 0 Å². The van der Waals surface area contributed by atoms with E-state index in [1.54, 1.807) is 0 Å². The summed E-state index contributed by atoms with van der Waals surface area (Å²) in [5.41, 5.74) is 1.98. The molecule has 20 heavy (non-hydrogen) atoms. The standard InChI is InChI=1S/C17H25NO2/c1-3-18-9-4-7-17(8-10-18)12-15(19)14-11-13(2)5-6-16(14)20-17/h5-6,11,15,19H,3-4,7-10,12H2,1-2H3/t15-,17?/m0/s1. The first-order valence-electron chi connectivity index (χ1n) is 7.82. The number of likely N-dealkylation sites (tertiary alicyclic amines) is 1. The normalized spacial score (nSPS) is 30.6. The smallest absolute Gasteiger partial charge is 0.125 e. The number of rotatable bonds is 1. The lowest BCUT2D eigenvalue weighted by Crippen LogP contribution is -2.42. The number of ether oxygens (including phenoxy) is 1. The van der Waals surface area contributed by atoms with Gasteiger partial charge >= 0.3 is 0 Å². The molecule has 3 rings (SSSR count). The summed E-state index contributed by atoms with van der Waals surface area (Å²) in [4.78, 5) is 2.48. The number of benzene rings is 1. The second-order valence-electron chi connectivity index (χ2n) is 6.33. The van der Waals surface area contributed by atoms with Gasteiger partial charge in [0.05, 0.1) is 6.10 Å². The molecular formula is C17H25NO2. The number of fused-ring (bicyclic) bond motifs is 1. The summed E-state index contributed by atoms with van der Waals surface area (Å²) < 4.78 is 6.37. The Balaban J connectivity index is 1.85. The first-order valence-corrected chi connectivity index (χ1v) is 7.82. The Hall–Kier alpha value is -1.06. The molecule has 3 heteroatoms. The molecule has 1 spiro atoms. The summed E-state index contributed by atoms with van der Waals surface area (Å²) in [6, 6.07) is 6.15. The molecule has 1 fully saturated rings. The molecule has 0 aromatic heterocycles. The lowest BCUT2D eigenvalue weighted by molar-refractivity contribution is -0.0238. The zero-order valence-corrected chi connectivity index (χ0v) is 12.6. The minimum atomic E-state index is -0.383. The highest BCUT2D eigenvalue weighted by Crippen LogP contribution is 2.44. The van der Waals surface area contributed by atoms with E-state index in [1.165, 1.54) is 5.56 Å². The van der Waals surface area contributed by atoms with Crippen LogP contribution in [0.2, 0.25) is 0 Å². The van der Waals surface area contributed by atoms with Crippen LogP contribution >= 0.6 is 0 Å². The summed E-state index contributed by atoms with van der Waals surface area (Å²) in [5.74, 6) is 0.888. The van der Waals surface area contributed by atoms with Gasteiger partial charge < -0.3 is 14.7 Å². The second kappa shape index (κ2) is 5.38. The van der Waals surface area contributed by atoms with Crippen LogP contribution in [0.3, 0.4) is 0 Å². The summed E-state index contributed by atoms with van der Waals surface area (Å²) >= 11 is 0. The van der Waals surface area contributed by atoms with Crippen molar-refractivity contribution in [1.29, 1.82) is 0 Å². The maximum Gasteiger partial charge on any atom is 0.125 e. The van der Waals surface area contributed by atoms with Gasteiger partial charge in [0.1, 0.15) is 11.4 Å². The van der Waals surface area contributed by atoms with Crippen molar-refractivity contribution in [2.24, 2.45) is 0 Å². The van der Waals surface area contributed by atoms with Crippen molar-refractivity contribution >= 4 is 0 Å². The van der Waals surface area contributed by atoms with Gasteiger partial charge in [-0.1, -0.05) is 18.6 Å². The van der Waals surface area contributed by atoms with Crippen molar-refractivity contribution in [3.8, 4) is 5.75 Å². The minimum absolute atomic E-state index is 0.161. The van der Waals surface area contributed by atoms with Crippen molar-refractivity contribution in [1.82, 2.24) is 4.90 Å². The molecule has 0 aliphatic carbocycles. The first-order chi connectivity index (χ1) is 9.62. The molecule has 0 saturated carbocycles. The van der Waals surface area contributed by atoms with E-state index in [1.807, 2.05) is 6.07 Å². The van der Waals surface area contributed by atoms with E-state index < -0.39 is 0 Å². The van der Waals surface area contributed by atoms with E-state index in [2.05, 4.69) is 30.9 Å². The van der Waals surface area contributed by atoms with Gasteiger partial charge in [-0.25, -0.2) is 0 Å². The zero-order chi connectivity index (χ0) is 14.2. The Bertz CT molecular complexity index is 488. The van der Waals surface area contributed by atoms with Crippen LogP contribution in [-0.4, -0.2) is 35.2 Å². The molecule has 1 N–H and O–H groups in total. The van der Waals surface area contributed by atoms with E-state index in [-0.39, 0.29) is 11.7 Å². The monoisotopic (exact) mass is 275 g/mol. The van der Waals surface area contributed by atoms with Crippen LogP contribution in [0.25, 0.3) is 0 Å². The zero-order valence-electron chi connectivity index (χ0n) is 12.6. The molecule has 1 aromatic rings. The molecule has 110 valence electrons. The lowest BCUT2D eigenvalue weighted by Gasteiger charge is -2.40. The van der Waals surface area contributed by atoms with Crippen LogP contribution in [0.15, 0.2) is 18.2 Å². The third-order valence-electron chi connectivity index (χ3n) is 4.85. The van der Waals surface area contributed by atoms with Gasteiger partial charge in [0, 0.05) is 18.5 Å². The summed E-state index contributed by atoms with van der Waals surface area (Å²) in [6.45, 7) is 7.60. The fourth-order valence-corrected chi connectivity index (χ4v) is 3.60. The summed E-state index contributed by atoms with van der Waals surface area (Å²) in [7, 11) is 0. The largest absolute Gasteiger partial charge is 0.487 e. The fourth-order valence-electron chi connectivity index (χ4n) is 3.60. The Labute approximate surface area is 121 Å². The summed E-state index contributed by atoms with van der Waals surface area (Å²) in [6.07, 6.45) is 3.58. The maximum absolute atomic E-state index is 10.5. The average molecular weight is 275 g/mol. The number of aryl methyl sites for hydroxylation is 1. The molecule has 0 bridgehead atoms. The molecule has 1 saturated heterocycles. The molecule has 2 atom stereocenters. The van der Waals surface area contributed by atoms with Crippen molar-refractivity contribution in [2.75, 3.05) is 19.6 Å². The van der Waals surface area contributed by atoms with Crippen LogP contribution in [0.5, 0.6) is 5.75 Å². The molecule has 0 radical (unpaired) electrons. The van der Waals surface area contributed by atoms with Crippen molar-refractivity contribution in [3.05, 3.63) is 29.3 Å². The molecule has 2 aliphatic heterocycles. The highest BCUT2D eigenvalue weighted by atomic mass is 16.5. The Morgan fingerprint density at radius 1 is 1.35 bits per heavy atom. The third kappa shape index (κ3) is 2.57. The van der Waals surface area contributed by atoms with Crippen molar-refractivity contribution in [2.45, 2.75) is 51.2 Å². The van der Waals surface area contributed by atoms with Gasteiger partial charge in [0.2, 0.25) is 0 Å². The molecule has 3 nitrogen and oxygen atoms in total. The van der Waals surface area contributed by atoms with Gasteiger partial charge in [-0.05, 0) is 51.4 Å². The van der Waals surface area contributed by atoms with E-state index in [4.69, 9.17) is 4.74 Å². The molecule has 0 amide bonds. The second-order valence-corrected chi connectivity index (χ2v) is 6.33. The van der Waals surface area contributed by atoms with Gasteiger partial charge in [0.25, 0.3) is 0 Å². The van der Waals surface area contributed by atoms with Crippen LogP contribution in [0.1, 0.15) is 49.8 Å². The van der Waals surface area contributed by atoms with Gasteiger partial charge in [0.15, 0.2) is 0 Å². The topological polar surface area (TPSA) is 32.7 Å². The molecular weight excluding hydrogens is 250 g/mol. The summed E-state index contributed by atoms with van der Waals surface area (Å²) in [5, 5.41) is 10.5. The molecule has 2 heterocycles. The Morgan fingerprint density at radius 3 is 3.00 bits per heavy atom. The van der Waals surface area contributed by atoms with Crippen molar-refractivity contribution < 1.29 is 9.84 Å². The predicted octanol–water partition coefficient (Wildman–Crippen LogP) is 3.06. The SMILES string of the molecule is CCN1CCCC2(CC1)C[C@H](O)c1cc(C)ccc1O2. The van der Waals surface area contributed by atoms with Gasteiger partial charge in [-0.2, -0.15) is 0 Å². The van der Waals surface area contributed by atoms with Crippen LogP contribution in [-0.2, 0) is 0 Å². The third-order valence-corrected chi connectivity index (χ3v) is 4.85. The number of hydrogen-bond acceptors (Lipinski definition) is 3. The number of aliphatic hydroxyl groups is 1. The Kier molecular flexibility index (Phi) is 3.74. The fraction of sp³-hybridized carbons (Fsp3) is 0.647. The van der Waals surface area contributed by atoms with Crippen LogP contribution in [0.4, 0.5) is 0 Å². The highest BCUT2D eigenvalue weighted by Gasteiger charge is 2.41. The molecule has 2 aliphatic rings. The predicted molar refractivity (Wildman–Crippen MR) is 80.1 cm³/mol. The van der Waals surface area contributed by atoms with E-state index >= 15 is 0 Å². The van der Waals surface area contributed by atoms with Crippen LogP contribution in [0, 0.1) is 6.92 Å². The maximum atomic E-state index is 10.5. The minimum Gasteiger partial charge on any atom is -0.487 e. The van der Waals surface area contributed by atoms with E-state index in [9.17, 15) is 5.11 Å². The molecule has 1 aromatic carbocycles. The number of nitrogens with zero attached hydrogens (tertiary/aromatic N) is 1. The number of aliphatic hydroxyl groups excluding tert-OH is 1. The highest BCUT2D eigenvalue weighted by molar-refractivity contribution is 5.40. The average Bonchev–Trinajstić information content (AvgIpc) is 2.62. The lowest BCUT2D eigenvalue weighted by atomic mass is 9.83. The Morgan fingerprint density at radius 2 is 2.20 bits per heavy atom. The van der Waals surface area contributed by atoms with Gasteiger partial charge in [-0.3, -0.25) is 0 Å². The van der Waals surface area contributed by atoms with E-state index in [0.717, 1.165) is 56.6 Å². The molecule has 1 unspecified atom stereocenters. The van der Waals surface area contributed by atoms with E-state index in [0.29, 0.717) is 0 Å².